The van der Waals surface area contributed by atoms with E-state index in [1.54, 1.807) is 26.0 Å². The third-order valence-electron chi connectivity index (χ3n) is 4.20. The Hall–Kier alpha value is -2.29. The Morgan fingerprint density at radius 2 is 2.04 bits per heavy atom. The fourth-order valence-corrected chi connectivity index (χ4v) is 4.74. The number of fused-ring (bicyclic) bond motifs is 1. The van der Waals surface area contributed by atoms with Crippen LogP contribution in [0.25, 0.3) is 0 Å². The summed E-state index contributed by atoms with van der Waals surface area (Å²) < 4.78 is 0.601. The van der Waals surface area contributed by atoms with E-state index in [9.17, 15) is 24.3 Å². The molecule has 1 aromatic heterocycles. The Bertz CT molecular complexity index is 774. The second-order valence-corrected chi connectivity index (χ2v) is 8.08. The first-order chi connectivity index (χ1) is 11.2. The van der Waals surface area contributed by atoms with Crippen LogP contribution in [0.1, 0.15) is 13.8 Å². The van der Waals surface area contributed by atoms with E-state index in [4.69, 9.17) is 0 Å². The van der Waals surface area contributed by atoms with Gasteiger partial charge >= 0.3 is 5.97 Å². The molecule has 0 saturated carbocycles. The van der Waals surface area contributed by atoms with E-state index < -0.39 is 40.0 Å². The number of aromatic nitrogens is 1. The topological polar surface area (TPSA) is 109 Å². The molecular weight excluding hydrogens is 334 g/mol. The molecule has 24 heavy (non-hydrogen) atoms. The molecule has 8 nitrogen and oxygen atoms in total. The number of pyridine rings is 1. The maximum atomic E-state index is 12.3. The molecule has 3 heterocycles. The molecule has 0 spiro atoms. The zero-order valence-corrected chi connectivity index (χ0v) is 13.9. The molecule has 2 fully saturated rings. The van der Waals surface area contributed by atoms with Crippen molar-refractivity contribution in [2.45, 2.75) is 42.6 Å². The van der Waals surface area contributed by atoms with Gasteiger partial charge in [0.1, 0.15) is 24.0 Å². The number of nitrogens with one attached hydrogen (secondary N) is 1. The lowest BCUT2D eigenvalue weighted by atomic mass is 9.96. The van der Waals surface area contributed by atoms with Crippen molar-refractivity contribution in [1.82, 2.24) is 14.8 Å². The minimum atomic E-state index is -1.05. The van der Waals surface area contributed by atoms with Gasteiger partial charge in [0.05, 0.1) is 0 Å². The van der Waals surface area contributed by atoms with Crippen molar-refractivity contribution in [3.63, 3.8) is 0 Å². The van der Waals surface area contributed by atoms with Gasteiger partial charge < -0.3 is 19.9 Å². The molecule has 9 heteroatoms. The van der Waals surface area contributed by atoms with Crippen molar-refractivity contribution >= 4 is 29.5 Å². The van der Waals surface area contributed by atoms with Crippen LogP contribution in [0.15, 0.2) is 29.2 Å². The number of amides is 2. The molecular formula is C15H17N3O5S. The molecule has 2 aliphatic heterocycles. The lowest BCUT2D eigenvalue weighted by molar-refractivity contribution is -0.161. The van der Waals surface area contributed by atoms with Crippen LogP contribution in [0.5, 0.6) is 0 Å². The van der Waals surface area contributed by atoms with Gasteiger partial charge in [0, 0.05) is 17.0 Å². The van der Waals surface area contributed by atoms with Gasteiger partial charge in [-0.1, -0.05) is 6.07 Å². The van der Waals surface area contributed by atoms with Gasteiger partial charge in [0.2, 0.25) is 11.8 Å². The maximum absolute atomic E-state index is 12.3. The number of carboxylic acid groups (broad SMARTS) is 1. The van der Waals surface area contributed by atoms with Crippen LogP contribution < -0.4 is 10.9 Å². The second-order valence-electron chi connectivity index (χ2n) is 6.31. The van der Waals surface area contributed by atoms with E-state index in [1.807, 2.05) is 0 Å². The highest BCUT2D eigenvalue weighted by molar-refractivity contribution is 8.01. The van der Waals surface area contributed by atoms with Gasteiger partial charge in [-0.3, -0.25) is 14.4 Å². The molecule has 0 radical (unpaired) electrons. The SMILES string of the molecule is CC1(C)S[C@@H]2[C@H](NC(=O)Cn3ccccc3=O)C(=O)N2[C@H]1C(=O)O. The number of β-lactam (4-membered cyclic amide) rings is 1. The molecule has 0 unspecified atom stereocenters. The fraction of sp³-hybridized carbons (Fsp3) is 0.467. The molecule has 2 saturated heterocycles. The first kappa shape index (κ1) is 16.6. The van der Waals surface area contributed by atoms with Crippen molar-refractivity contribution in [2.24, 2.45) is 0 Å². The molecule has 0 aliphatic carbocycles. The van der Waals surface area contributed by atoms with E-state index in [1.165, 1.54) is 33.5 Å². The lowest BCUT2D eigenvalue weighted by Gasteiger charge is -2.43. The summed E-state index contributed by atoms with van der Waals surface area (Å²) in [5.74, 6) is -1.92. The van der Waals surface area contributed by atoms with Crippen molar-refractivity contribution < 1.29 is 19.5 Å². The largest absolute Gasteiger partial charge is 0.480 e. The average molecular weight is 351 g/mol. The third-order valence-corrected chi connectivity index (χ3v) is 5.78. The number of hydrogen-bond acceptors (Lipinski definition) is 5. The third kappa shape index (κ3) is 2.58. The van der Waals surface area contributed by atoms with Gasteiger partial charge in [-0.2, -0.15) is 0 Å². The normalized spacial score (nSPS) is 27.3. The van der Waals surface area contributed by atoms with Crippen molar-refractivity contribution in [3.05, 3.63) is 34.7 Å². The van der Waals surface area contributed by atoms with E-state index in [-0.39, 0.29) is 12.1 Å². The molecule has 128 valence electrons. The summed E-state index contributed by atoms with van der Waals surface area (Å²) in [6.45, 7) is 3.35. The molecule has 0 bridgehead atoms. The van der Waals surface area contributed by atoms with Gasteiger partial charge in [0.25, 0.3) is 5.56 Å². The molecule has 3 rings (SSSR count). The van der Waals surface area contributed by atoms with Crippen molar-refractivity contribution in [2.75, 3.05) is 0 Å². The molecule has 0 aromatic carbocycles. The number of rotatable bonds is 4. The Kier molecular flexibility index (Phi) is 3.90. The quantitative estimate of drug-likeness (QED) is 0.707. The first-order valence-corrected chi connectivity index (χ1v) is 8.28. The summed E-state index contributed by atoms with van der Waals surface area (Å²) in [7, 11) is 0. The Balaban J connectivity index is 1.69. The Labute approximate surface area is 141 Å². The van der Waals surface area contributed by atoms with Crippen molar-refractivity contribution in [3.8, 4) is 0 Å². The van der Waals surface area contributed by atoms with Crippen LogP contribution in [-0.4, -0.2) is 54.6 Å². The molecule has 1 aromatic rings. The Morgan fingerprint density at radius 1 is 1.33 bits per heavy atom. The predicted molar refractivity (Wildman–Crippen MR) is 86.4 cm³/mol. The predicted octanol–water partition coefficient (Wildman–Crippen LogP) is -0.520. The van der Waals surface area contributed by atoms with Crippen LogP contribution in [0.2, 0.25) is 0 Å². The van der Waals surface area contributed by atoms with Gasteiger partial charge in [0.15, 0.2) is 0 Å². The van der Waals surface area contributed by atoms with Crippen LogP contribution in [-0.2, 0) is 20.9 Å². The van der Waals surface area contributed by atoms with E-state index in [0.29, 0.717) is 0 Å². The molecule has 2 N–H and O–H groups in total. The smallest absolute Gasteiger partial charge is 0.327 e. The van der Waals surface area contributed by atoms with Gasteiger partial charge in [-0.25, -0.2) is 4.79 Å². The number of thioether (sulfide) groups is 1. The molecule has 2 amide bonds. The van der Waals surface area contributed by atoms with Crippen LogP contribution in [0.4, 0.5) is 0 Å². The van der Waals surface area contributed by atoms with Gasteiger partial charge in [-0.05, 0) is 19.9 Å². The zero-order chi connectivity index (χ0) is 17.6. The molecule has 2 aliphatic rings. The minimum absolute atomic E-state index is 0.188. The standard InChI is InChI=1S/C15H17N3O5S/c1-15(2)11(14(22)23)18-12(21)10(13(18)24-15)16-8(19)7-17-6-4-3-5-9(17)20/h3-6,10-11,13H,7H2,1-2H3,(H,16,19)(H,22,23)/t10-,11+,13-/m1/s1. The zero-order valence-electron chi connectivity index (χ0n) is 13.1. The highest BCUT2D eigenvalue weighted by Gasteiger charge is 2.64. The summed E-state index contributed by atoms with van der Waals surface area (Å²) in [6, 6.07) is 2.89. The number of carboxylic acids is 1. The first-order valence-electron chi connectivity index (χ1n) is 7.40. The second kappa shape index (κ2) is 5.66. The van der Waals surface area contributed by atoms with Gasteiger partial charge in [-0.15, -0.1) is 11.8 Å². The Morgan fingerprint density at radius 3 is 2.67 bits per heavy atom. The highest BCUT2D eigenvalue weighted by atomic mass is 32.2. The van der Waals surface area contributed by atoms with E-state index >= 15 is 0 Å². The van der Waals surface area contributed by atoms with Crippen LogP contribution in [0, 0.1) is 0 Å². The summed E-state index contributed by atoms with van der Waals surface area (Å²) in [5, 5.41) is 11.6. The highest BCUT2D eigenvalue weighted by Crippen LogP contribution is 2.50. The van der Waals surface area contributed by atoms with Crippen molar-refractivity contribution in [1.29, 1.82) is 0 Å². The maximum Gasteiger partial charge on any atom is 0.327 e. The average Bonchev–Trinajstić information content (AvgIpc) is 2.76. The van der Waals surface area contributed by atoms with Crippen LogP contribution in [0.3, 0.4) is 0 Å². The number of aliphatic carboxylic acids is 1. The van der Waals surface area contributed by atoms with E-state index in [2.05, 4.69) is 5.32 Å². The number of nitrogens with zero attached hydrogens (tertiary/aromatic N) is 2. The summed E-state index contributed by atoms with van der Waals surface area (Å²) >= 11 is 1.36. The monoisotopic (exact) mass is 351 g/mol. The number of carbonyl (C=O) groups excluding carboxylic acids is 2. The minimum Gasteiger partial charge on any atom is -0.480 e. The summed E-state index contributed by atoms with van der Waals surface area (Å²) in [6.07, 6.45) is 1.49. The van der Waals surface area contributed by atoms with Crippen LogP contribution >= 0.6 is 11.8 Å². The lowest BCUT2D eigenvalue weighted by Crippen LogP contribution is -2.70. The summed E-state index contributed by atoms with van der Waals surface area (Å²) in [5.41, 5.74) is -0.309. The summed E-state index contributed by atoms with van der Waals surface area (Å²) in [4.78, 5) is 48.7. The van der Waals surface area contributed by atoms with E-state index in [0.717, 1.165) is 0 Å². The molecule has 3 atom stereocenters. The number of hydrogen-bond donors (Lipinski definition) is 2. The number of carbonyl (C=O) groups is 3. The fourth-order valence-electron chi connectivity index (χ4n) is 3.11.